The fourth-order valence-corrected chi connectivity index (χ4v) is 2.49. The average molecular weight is 345 g/mol. The summed E-state index contributed by atoms with van der Waals surface area (Å²) in [5.41, 5.74) is 1.05. The zero-order valence-corrected chi connectivity index (χ0v) is 14.3. The van der Waals surface area contributed by atoms with Gasteiger partial charge in [0.25, 0.3) is 0 Å². The summed E-state index contributed by atoms with van der Waals surface area (Å²) in [6.45, 7) is 3.92. The van der Waals surface area contributed by atoms with Crippen LogP contribution >= 0.6 is 11.8 Å². The van der Waals surface area contributed by atoms with E-state index in [1.165, 1.54) is 11.8 Å². The van der Waals surface area contributed by atoms with Crippen LogP contribution in [0.25, 0.3) is 12.2 Å². The molecule has 1 unspecified atom stereocenters. The van der Waals surface area contributed by atoms with Crippen molar-refractivity contribution >= 4 is 35.9 Å². The van der Waals surface area contributed by atoms with Crippen LogP contribution in [0.4, 0.5) is 4.79 Å². The predicted octanol–water partition coefficient (Wildman–Crippen LogP) is 2.30. The highest BCUT2D eigenvalue weighted by Gasteiger charge is 2.18. The van der Waals surface area contributed by atoms with E-state index in [1.807, 2.05) is 42.5 Å². The molecule has 0 bridgehead atoms. The number of aromatic amines is 1. The Labute approximate surface area is 144 Å². The number of thioether (sulfide) groups is 1. The van der Waals surface area contributed by atoms with Crippen LogP contribution in [0.5, 0.6) is 0 Å². The standard InChI is InChI=1S/C16H19N5O2S/c1-3-17-15(23)19-14(22)11(2)24-16-18-13(20-21-16)10-9-12-7-5-4-6-8-12/h4-11H,3H2,1-2H3,(H,18,20,21)(H2,17,19,22,23)/b10-9+. The van der Waals surface area contributed by atoms with E-state index < -0.39 is 17.2 Å². The van der Waals surface area contributed by atoms with E-state index in [0.29, 0.717) is 17.5 Å². The molecule has 0 radical (unpaired) electrons. The molecule has 1 heterocycles. The number of benzene rings is 1. The number of aromatic nitrogens is 3. The van der Waals surface area contributed by atoms with Gasteiger partial charge in [0.15, 0.2) is 0 Å². The van der Waals surface area contributed by atoms with E-state index in [0.717, 1.165) is 5.56 Å². The van der Waals surface area contributed by atoms with Crippen LogP contribution in [0.3, 0.4) is 0 Å². The molecule has 0 saturated heterocycles. The van der Waals surface area contributed by atoms with Gasteiger partial charge in [-0.15, -0.1) is 5.10 Å². The van der Waals surface area contributed by atoms with Gasteiger partial charge < -0.3 is 5.32 Å². The Kier molecular flexibility index (Phi) is 6.56. The zero-order valence-electron chi connectivity index (χ0n) is 13.4. The van der Waals surface area contributed by atoms with Gasteiger partial charge in [-0.2, -0.15) is 0 Å². The third kappa shape index (κ3) is 5.54. The van der Waals surface area contributed by atoms with E-state index in [1.54, 1.807) is 13.8 Å². The van der Waals surface area contributed by atoms with E-state index in [2.05, 4.69) is 25.8 Å². The van der Waals surface area contributed by atoms with Gasteiger partial charge in [0.1, 0.15) is 5.82 Å². The molecule has 0 aliphatic heterocycles. The Morgan fingerprint density at radius 1 is 1.29 bits per heavy atom. The van der Waals surface area contributed by atoms with Gasteiger partial charge in [0, 0.05) is 6.54 Å². The van der Waals surface area contributed by atoms with Gasteiger partial charge in [-0.1, -0.05) is 48.2 Å². The molecule has 0 saturated carbocycles. The minimum absolute atomic E-state index is 0.392. The summed E-state index contributed by atoms with van der Waals surface area (Å²) in [5, 5.41) is 11.6. The number of H-pyrrole nitrogens is 1. The van der Waals surface area contributed by atoms with Crippen molar-refractivity contribution in [1.82, 2.24) is 25.8 Å². The summed E-state index contributed by atoms with van der Waals surface area (Å²) in [4.78, 5) is 27.5. The zero-order chi connectivity index (χ0) is 17.4. The first-order valence-electron chi connectivity index (χ1n) is 7.49. The highest BCUT2D eigenvalue weighted by atomic mass is 32.2. The molecule has 0 aliphatic carbocycles. The van der Waals surface area contributed by atoms with Crippen LogP contribution in [0.15, 0.2) is 35.5 Å². The number of hydrogen-bond acceptors (Lipinski definition) is 5. The molecule has 2 rings (SSSR count). The lowest BCUT2D eigenvalue weighted by molar-refractivity contribution is -0.119. The first-order chi connectivity index (χ1) is 11.6. The van der Waals surface area contributed by atoms with Crippen molar-refractivity contribution in [3.63, 3.8) is 0 Å². The van der Waals surface area contributed by atoms with Gasteiger partial charge in [-0.25, -0.2) is 9.78 Å². The molecule has 1 aromatic heterocycles. The fraction of sp³-hybridized carbons (Fsp3) is 0.250. The van der Waals surface area contributed by atoms with Crippen molar-refractivity contribution in [2.45, 2.75) is 24.3 Å². The van der Waals surface area contributed by atoms with E-state index in [9.17, 15) is 9.59 Å². The Morgan fingerprint density at radius 2 is 2.04 bits per heavy atom. The molecule has 0 aliphatic rings. The lowest BCUT2D eigenvalue weighted by atomic mass is 10.2. The summed E-state index contributed by atoms with van der Waals surface area (Å²) < 4.78 is 0. The maximum Gasteiger partial charge on any atom is 0.321 e. The molecule has 3 amide bonds. The number of rotatable bonds is 6. The summed E-state index contributed by atoms with van der Waals surface area (Å²) >= 11 is 1.17. The molecule has 7 nitrogen and oxygen atoms in total. The van der Waals surface area contributed by atoms with Crippen LogP contribution in [0.2, 0.25) is 0 Å². The molecule has 126 valence electrons. The Balaban J connectivity index is 1.90. The number of amides is 3. The Morgan fingerprint density at radius 3 is 2.75 bits per heavy atom. The van der Waals surface area contributed by atoms with Gasteiger partial charge in [-0.05, 0) is 25.5 Å². The van der Waals surface area contributed by atoms with Gasteiger partial charge in [0.05, 0.1) is 5.25 Å². The second-order valence-corrected chi connectivity index (χ2v) is 6.16. The quantitative estimate of drug-likeness (QED) is 0.698. The van der Waals surface area contributed by atoms with E-state index in [4.69, 9.17) is 0 Å². The van der Waals surface area contributed by atoms with Crippen LogP contribution in [0, 0.1) is 0 Å². The second-order valence-electron chi connectivity index (χ2n) is 4.86. The average Bonchev–Trinajstić information content (AvgIpc) is 3.01. The van der Waals surface area contributed by atoms with Gasteiger partial charge in [-0.3, -0.25) is 15.2 Å². The number of carbonyl (C=O) groups excluding carboxylic acids is 2. The van der Waals surface area contributed by atoms with Crippen LogP contribution in [0.1, 0.15) is 25.2 Å². The van der Waals surface area contributed by atoms with Crippen molar-refractivity contribution in [3.05, 3.63) is 41.7 Å². The molecule has 0 fully saturated rings. The second kappa shape index (κ2) is 8.88. The fourth-order valence-electron chi connectivity index (χ4n) is 1.75. The number of urea groups is 1. The number of hydrogen-bond donors (Lipinski definition) is 3. The molecular weight excluding hydrogens is 326 g/mol. The SMILES string of the molecule is CCNC(=O)NC(=O)C(C)Sc1n[nH]c(/C=C/c2ccccc2)n1. The number of imide groups is 1. The Hall–Kier alpha value is -2.61. The molecular formula is C16H19N5O2S. The molecule has 3 N–H and O–H groups in total. The van der Waals surface area contributed by atoms with Crippen LogP contribution in [-0.2, 0) is 4.79 Å². The number of carbonyl (C=O) groups is 2. The maximum atomic E-state index is 11.9. The van der Waals surface area contributed by atoms with Crippen molar-refractivity contribution in [3.8, 4) is 0 Å². The van der Waals surface area contributed by atoms with Gasteiger partial charge in [0.2, 0.25) is 11.1 Å². The smallest absolute Gasteiger partial charge is 0.321 e. The molecule has 1 atom stereocenters. The molecule has 24 heavy (non-hydrogen) atoms. The minimum Gasteiger partial charge on any atom is -0.338 e. The largest absolute Gasteiger partial charge is 0.338 e. The molecule has 8 heteroatoms. The van der Waals surface area contributed by atoms with E-state index >= 15 is 0 Å². The first-order valence-corrected chi connectivity index (χ1v) is 8.37. The molecule has 2 aromatic rings. The highest BCUT2D eigenvalue weighted by molar-refractivity contribution is 8.00. The summed E-state index contributed by atoms with van der Waals surface area (Å²) in [6, 6.07) is 9.32. The number of nitrogens with one attached hydrogen (secondary N) is 3. The van der Waals surface area contributed by atoms with Crippen LogP contribution < -0.4 is 10.6 Å². The lowest BCUT2D eigenvalue weighted by Crippen LogP contribution is -2.42. The van der Waals surface area contributed by atoms with Crippen molar-refractivity contribution in [2.24, 2.45) is 0 Å². The highest BCUT2D eigenvalue weighted by Crippen LogP contribution is 2.19. The van der Waals surface area contributed by atoms with Crippen LogP contribution in [-0.4, -0.2) is 38.9 Å². The minimum atomic E-state index is -0.503. The predicted molar refractivity (Wildman–Crippen MR) is 94.3 cm³/mol. The number of nitrogens with zero attached hydrogens (tertiary/aromatic N) is 2. The first kappa shape index (κ1) is 17.7. The molecule has 0 spiro atoms. The summed E-state index contributed by atoms with van der Waals surface area (Å²) in [6.07, 6.45) is 3.73. The van der Waals surface area contributed by atoms with Crippen molar-refractivity contribution in [1.29, 1.82) is 0 Å². The Bertz CT molecular complexity index is 714. The van der Waals surface area contributed by atoms with Gasteiger partial charge >= 0.3 is 6.03 Å². The molecule has 1 aromatic carbocycles. The lowest BCUT2D eigenvalue weighted by Gasteiger charge is -2.09. The van der Waals surface area contributed by atoms with E-state index in [-0.39, 0.29) is 0 Å². The third-order valence-electron chi connectivity index (χ3n) is 2.94. The normalized spacial score (nSPS) is 12.1. The maximum absolute atomic E-state index is 11.9. The van der Waals surface area contributed by atoms with Crippen molar-refractivity contribution in [2.75, 3.05) is 6.54 Å². The monoisotopic (exact) mass is 345 g/mol. The third-order valence-corrected chi connectivity index (χ3v) is 3.90. The summed E-state index contributed by atoms with van der Waals surface area (Å²) in [7, 11) is 0. The topological polar surface area (TPSA) is 99.8 Å². The summed E-state index contributed by atoms with van der Waals surface area (Å²) in [5.74, 6) is 0.204. The van der Waals surface area contributed by atoms with Crippen molar-refractivity contribution < 1.29 is 9.59 Å².